The molecule has 0 radical (unpaired) electrons. The quantitative estimate of drug-likeness (QED) is 0.772. The first-order valence-corrected chi connectivity index (χ1v) is 7.60. The van der Waals surface area contributed by atoms with Gasteiger partial charge >= 0.3 is 0 Å². The summed E-state index contributed by atoms with van der Waals surface area (Å²) in [7, 11) is 0. The van der Waals surface area contributed by atoms with Crippen LogP contribution in [0.15, 0.2) is 24.3 Å². The molecular formula is C17H23NO2. The molecule has 1 aromatic rings. The second-order valence-corrected chi connectivity index (χ2v) is 5.41. The van der Waals surface area contributed by atoms with Crippen molar-refractivity contribution < 1.29 is 9.59 Å². The fraction of sp³-hybridized carbons (Fsp3) is 0.529. The number of ketones is 1. The van der Waals surface area contributed by atoms with Crippen LogP contribution < -0.4 is 0 Å². The van der Waals surface area contributed by atoms with E-state index in [0.29, 0.717) is 6.42 Å². The van der Waals surface area contributed by atoms with Gasteiger partial charge in [0.1, 0.15) is 0 Å². The predicted octanol–water partition coefficient (Wildman–Crippen LogP) is 3.22. The minimum Gasteiger partial charge on any atom is -0.332 e. The standard InChI is InChI=1S/C17H23NO2/c1-3-6-16(19)18-12-5-7-15(18)17(20)14-10-8-13(4-2)9-11-14/h8-11,15H,3-7,12H2,1-2H3. The third kappa shape index (κ3) is 3.09. The Morgan fingerprint density at radius 3 is 2.50 bits per heavy atom. The summed E-state index contributed by atoms with van der Waals surface area (Å²) in [5.74, 6) is 0.211. The average molecular weight is 273 g/mol. The number of aryl methyl sites for hydroxylation is 1. The molecule has 108 valence electrons. The van der Waals surface area contributed by atoms with E-state index in [4.69, 9.17) is 0 Å². The molecule has 20 heavy (non-hydrogen) atoms. The minimum absolute atomic E-state index is 0.0922. The van der Waals surface area contributed by atoms with Crippen molar-refractivity contribution in [2.75, 3.05) is 6.54 Å². The Bertz CT molecular complexity index is 478. The topological polar surface area (TPSA) is 37.4 Å². The summed E-state index contributed by atoms with van der Waals surface area (Å²) >= 11 is 0. The van der Waals surface area contributed by atoms with Crippen LogP contribution in [0.25, 0.3) is 0 Å². The van der Waals surface area contributed by atoms with E-state index in [0.717, 1.165) is 37.8 Å². The maximum absolute atomic E-state index is 12.6. The van der Waals surface area contributed by atoms with Crippen molar-refractivity contribution in [3.05, 3.63) is 35.4 Å². The number of nitrogens with zero attached hydrogens (tertiary/aromatic N) is 1. The molecule has 1 heterocycles. The molecule has 0 aromatic heterocycles. The monoisotopic (exact) mass is 273 g/mol. The van der Waals surface area contributed by atoms with Gasteiger partial charge < -0.3 is 4.90 Å². The number of likely N-dealkylation sites (tertiary alicyclic amines) is 1. The van der Waals surface area contributed by atoms with E-state index in [1.54, 1.807) is 4.90 Å². The van der Waals surface area contributed by atoms with Crippen molar-refractivity contribution in [2.24, 2.45) is 0 Å². The fourth-order valence-electron chi connectivity index (χ4n) is 2.79. The number of carbonyl (C=O) groups is 2. The lowest BCUT2D eigenvalue weighted by atomic mass is 10.00. The summed E-state index contributed by atoms with van der Waals surface area (Å²) in [6.07, 6.45) is 4.07. The van der Waals surface area contributed by atoms with E-state index < -0.39 is 0 Å². The van der Waals surface area contributed by atoms with Crippen LogP contribution in [0.5, 0.6) is 0 Å². The first kappa shape index (κ1) is 14.8. The Morgan fingerprint density at radius 1 is 1.20 bits per heavy atom. The molecule has 1 aliphatic heterocycles. The summed E-state index contributed by atoms with van der Waals surface area (Å²) in [4.78, 5) is 26.4. The predicted molar refractivity (Wildman–Crippen MR) is 79.8 cm³/mol. The van der Waals surface area contributed by atoms with Crippen molar-refractivity contribution in [2.45, 2.75) is 52.0 Å². The van der Waals surface area contributed by atoms with Gasteiger partial charge in [0.05, 0.1) is 6.04 Å². The van der Waals surface area contributed by atoms with Gasteiger partial charge in [0.15, 0.2) is 5.78 Å². The summed E-state index contributed by atoms with van der Waals surface area (Å²) in [5, 5.41) is 0. The van der Waals surface area contributed by atoms with Crippen LogP contribution in [0.3, 0.4) is 0 Å². The van der Waals surface area contributed by atoms with Gasteiger partial charge in [-0.1, -0.05) is 38.1 Å². The van der Waals surface area contributed by atoms with Crippen molar-refractivity contribution in [1.29, 1.82) is 0 Å². The Labute approximate surface area is 121 Å². The van der Waals surface area contributed by atoms with Crippen molar-refractivity contribution in [3.63, 3.8) is 0 Å². The van der Waals surface area contributed by atoms with Gasteiger partial charge in [-0.05, 0) is 31.2 Å². The van der Waals surface area contributed by atoms with Crippen LogP contribution in [0, 0.1) is 0 Å². The maximum atomic E-state index is 12.6. The normalized spacial score (nSPS) is 18.3. The molecule has 0 N–H and O–H groups in total. The molecule has 0 saturated carbocycles. The molecule has 1 fully saturated rings. The molecule has 2 rings (SSSR count). The third-order valence-electron chi connectivity index (χ3n) is 3.99. The van der Waals surface area contributed by atoms with Gasteiger partial charge in [0, 0.05) is 18.5 Å². The molecule has 3 heteroatoms. The Morgan fingerprint density at radius 2 is 1.90 bits per heavy atom. The molecular weight excluding hydrogens is 250 g/mol. The Kier molecular flexibility index (Phi) is 4.94. The number of rotatable bonds is 5. The summed E-state index contributed by atoms with van der Waals surface area (Å²) in [6.45, 7) is 4.81. The maximum Gasteiger partial charge on any atom is 0.223 e. The zero-order valence-corrected chi connectivity index (χ0v) is 12.4. The fourth-order valence-corrected chi connectivity index (χ4v) is 2.79. The number of carbonyl (C=O) groups excluding carboxylic acids is 2. The molecule has 1 aliphatic rings. The first-order chi connectivity index (χ1) is 9.67. The summed E-state index contributed by atoms with van der Waals surface area (Å²) in [6, 6.07) is 7.53. The lowest BCUT2D eigenvalue weighted by Gasteiger charge is -2.23. The second-order valence-electron chi connectivity index (χ2n) is 5.41. The minimum atomic E-state index is -0.249. The average Bonchev–Trinajstić information content (AvgIpc) is 2.96. The molecule has 0 bridgehead atoms. The zero-order valence-electron chi connectivity index (χ0n) is 12.4. The molecule has 1 aromatic carbocycles. The number of hydrogen-bond donors (Lipinski definition) is 0. The van der Waals surface area contributed by atoms with E-state index in [2.05, 4.69) is 6.92 Å². The summed E-state index contributed by atoms with van der Waals surface area (Å²) < 4.78 is 0. The van der Waals surface area contributed by atoms with E-state index in [-0.39, 0.29) is 17.7 Å². The van der Waals surface area contributed by atoms with Gasteiger partial charge in [-0.25, -0.2) is 0 Å². The van der Waals surface area contributed by atoms with Crippen molar-refractivity contribution in [1.82, 2.24) is 4.90 Å². The Hall–Kier alpha value is -1.64. The van der Waals surface area contributed by atoms with Gasteiger partial charge in [0.2, 0.25) is 5.91 Å². The molecule has 0 aliphatic carbocycles. The first-order valence-electron chi connectivity index (χ1n) is 7.60. The highest BCUT2D eigenvalue weighted by Crippen LogP contribution is 2.22. The van der Waals surface area contributed by atoms with E-state index in [9.17, 15) is 9.59 Å². The molecule has 1 amide bonds. The number of hydrogen-bond acceptors (Lipinski definition) is 2. The van der Waals surface area contributed by atoms with Crippen LogP contribution >= 0.6 is 0 Å². The van der Waals surface area contributed by atoms with Crippen molar-refractivity contribution >= 4 is 11.7 Å². The van der Waals surface area contributed by atoms with Crippen molar-refractivity contribution in [3.8, 4) is 0 Å². The lowest BCUT2D eigenvalue weighted by Crippen LogP contribution is -2.40. The molecule has 3 nitrogen and oxygen atoms in total. The van der Waals surface area contributed by atoms with E-state index >= 15 is 0 Å². The Balaban J connectivity index is 2.12. The zero-order chi connectivity index (χ0) is 14.5. The molecule has 1 saturated heterocycles. The van der Waals surface area contributed by atoms with E-state index in [1.807, 2.05) is 31.2 Å². The number of amides is 1. The van der Waals surface area contributed by atoms with Crippen LogP contribution in [0.2, 0.25) is 0 Å². The number of Topliss-reactive ketones (excluding diaryl/α,β-unsaturated/α-hetero) is 1. The van der Waals surface area contributed by atoms with E-state index in [1.165, 1.54) is 5.56 Å². The van der Waals surface area contributed by atoms with Crippen LogP contribution in [0.1, 0.15) is 55.5 Å². The van der Waals surface area contributed by atoms with Crippen LogP contribution in [-0.2, 0) is 11.2 Å². The molecule has 1 unspecified atom stereocenters. The highest BCUT2D eigenvalue weighted by Gasteiger charge is 2.33. The van der Waals surface area contributed by atoms with Gasteiger partial charge in [-0.3, -0.25) is 9.59 Å². The third-order valence-corrected chi connectivity index (χ3v) is 3.99. The second kappa shape index (κ2) is 6.69. The largest absolute Gasteiger partial charge is 0.332 e. The van der Waals surface area contributed by atoms with Gasteiger partial charge in [0.25, 0.3) is 0 Å². The lowest BCUT2D eigenvalue weighted by molar-refractivity contribution is -0.131. The van der Waals surface area contributed by atoms with Gasteiger partial charge in [-0.2, -0.15) is 0 Å². The summed E-state index contributed by atoms with van der Waals surface area (Å²) in [5.41, 5.74) is 1.95. The highest BCUT2D eigenvalue weighted by atomic mass is 16.2. The van der Waals surface area contributed by atoms with Crippen LogP contribution in [0.4, 0.5) is 0 Å². The smallest absolute Gasteiger partial charge is 0.223 e. The SMILES string of the molecule is CCCC(=O)N1CCCC1C(=O)c1ccc(CC)cc1. The molecule has 1 atom stereocenters. The van der Waals surface area contributed by atoms with Gasteiger partial charge in [-0.15, -0.1) is 0 Å². The highest BCUT2D eigenvalue weighted by molar-refractivity contribution is 6.02. The van der Waals surface area contributed by atoms with Crippen LogP contribution in [-0.4, -0.2) is 29.2 Å². The molecule has 0 spiro atoms. The number of benzene rings is 1.